The minimum absolute atomic E-state index is 0.0534. The molecule has 1 aromatic carbocycles. The number of piperazine rings is 1. The fraction of sp³-hybridized carbons (Fsp3) is 0.533. The molecule has 0 aliphatic carbocycles. The van der Waals surface area contributed by atoms with Crippen molar-refractivity contribution in [1.82, 2.24) is 14.5 Å². The van der Waals surface area contributed by atoms with Gasteiger partial charge in [-0.3, -0.25) is 9.69 Å². The Morgan fingerprint density at radius 3 is 2.30 bits per heavy atom. The molecular weight excluding hydrogens is 321 g/mol. The highest BCUT2D eigenvalue weighted by atomic mass is 32.2. The van der Waals surface area contributed by atoms with Gasteiger partial charge < -0.3 is 5.32 Å². The Labute approximate surface area is 136 Å². The number of hydrogen-bond acceptors (Lipinski definition) is 4. The van der Waals surface area contributed by atoms with Crippen molar-refractivity contribution in [3.63, 3.8) is 0 Å². The maximum absolute atomic E-state index is 12.9. The van der Waals surface area contributed by atoms with Gasteiger partial charge in [0.15, 0.2) is 0 Å². The second-order valence-corrected chi connectivity index (χ2v) is 7.40. The number of carbonyl (C=O) groups excluding carboxylic acids is 1. The van der Waals surface area contributed by atoms with Crippen LogP contribution in [0, 0.1) is 5.82 Å². The van der Waals surface area contributed by atoms with Crippen LogP contribution in [-0.4, -0.2) is 62.3 Å². The molecule has 1 saturated heterocycles. The van der Waals surface area contributed by atoms with Gasteiger partial charge >= 0.3 is 0 Å². The van der Waals surface area contributed by atoms with Gasteiger partial charge in [0, 0.05) is 32.7 Å². The van der Waals surface area contributed by atoms with Crippen LogP contribution in [0.4, 0.5) is 4.39 Å². The fourth-order valence-electron chi connectivity index (χ4n) is 2.57. The fourth-order valence-corrected chi connectivity index (χ4v) is 4.00. The summed E-state index contributed by atoms with van der Waals surface area (Å²) >= 11 is 0. The van der Waals surface area contributed by atoms with Crippen molar-refractivity contribution >= 4 is 15.9 Å². The molecule has 1 amide bonds. The van der Waals surface area contributed by atoms with Gasteiger partial charge in [0.25, 0.3) is 0 Å². The van der Waals surface area contributed by atoms with E-state index in [2.05, 4.69) is 5.32 Å². The summed E-state index contributed by atoms with van der Waals surface area (Å²) in [6.45, 7) is 5.83. The highest BCUT2D eigenvalue weighted by molar-refractivity contribution is 7.89. The second kappa shape index (κ2) is 7.37. The summed E-state index contributed by atoms with van der Waals surface area (Å²) in [5.41, 5.74) is 0. The maximum Gasteiger partial charge on any atom is 0.243 e. The Balaban J connectivity index is 2.01. The number of sulfonamides is 1. The molecule has 6 nitrogen and oxygen atoms in total. The maximum atomic E-state index is 12.9. The average molecular weight is 343 g/mol. The van der Waals surface area contributed by atoms with Crippen molar-refractivity contribution in [2.75, 3.05) is 32.7 Å². The van der Waals surface area contributed by atoms with E-state index in [9.17, 15) is 17.6 Å². The predicted octanol–water partition coefficient (Wildman–Crippen LogP) is 0.657. The van der Waals surface area contributed by atoms with Crippen LogP contribution < -0.4 is 5.32 Å². The molecule has 8 heteroatoms. The van der Waals surface area contributed by atoms with E-state index in [-0.39, 0.29) is 16.8 Å². The summed E-state index contributed by atoms with van der Waals surface area (Å²) < 4.78 is 39.4. The van der Waals surface area contributed by atoms with Gasteiger partial charge in [-0.05, 0) is 38.1 Å². The number of nitrogens with one attached hydrogen (secondary N) is 1. The van der Waals surface area contributed by atoms with E-state index in [0.29, 0.717) is 32.7 Å². The lowest BCUT2D eigenvalue weighted by molar-refractivity contribution is -0.126. The SMILES string of the molecule is CCNC(=O)[C@@H](C)N1CCN(S(=O)(=O)c2ccc(F)cc2)CC1. The van der Waals surface area contributed by atoms with Crippen LogP contribution in [0.2, 0.25) is 0 Å². The van der Waals surface area contributed by atoms with Crippen LogP contribution >= 0.6 is 0 Å². The molecule has 1 aromatic rings. The summed E-state index contributed by atoms with van der Waals surface area (Å²) in [5, 5.41) is 2.77. The van der Waals surface area contributed by atoms with E-state index < -0.39 is 15.8 Å². The summed E-state index contributed by atoms with van der Waals surface area (Å²) in [7, 11) is -3.62. The molecule has 0 unspecified atom stereocenters. The molecule has 1 aliphatic rings. The molecule has 1 aliphatic heterocycles. The summed E-state index contributed by atoms with van der Waals surface area (Å²) in [6.07, 6.45) is 0. The predicted molar refractivity (Wildman–Crippen MR) is 84.9 cm³/mol. The van der Waals surface area contributed by atoms with Crippen LogP contribution in [0.5, 0.6) is 0 Å². The lowest BCUT2D eigenvalue weighted by atomic mass is 10.2. The third-order valence-electron chi connectivity index (χ3n) is 4.00. The molecule has 0 aromatic heterocycles. The minimum atomic E-state index is -3.62. The molecule has 0 bridgehead atoms. The zero-order valence-electron chi connectivity index (χ0n) is 13.3. The van der Waals surface area contributed by atoms with E-state index in [4.69, 9.17) is 0 Å². The molecule has 0 saturated carbocycles. The molecule has 0 radical (unpaired) electrons. The topological polar surface area (TPSA) is 69.7 Å². The van der Waals surface area contributed by atoms with Crippen molar-refractivity contribution in [2.24, 2.45) is 0 Å². The van der Waals surface area contributed by atoms with Gasteiger partial charge in [0.05, 0.1) is 10.9 Å². The highest BCUT2D eigenvalue weighted by Crippen LogP contribution is 2.18. The van der Waals surface area contributed by atoms with Crippen LogP contribution in [0.25, 0.3) is 0 Å². The first kappa shape index (κ1) is 17.8. The largest absolute Gasteiger partial charge is 0.355 e. The minimum Gasteiger partial charge on any atom is -0.355 e. The lowest BCUT2D eigenvalue weighted by Gasteiger charge is -2.36. The average Bonchev–Trinajstić information content (AvgIpc) is 2.55. The van der Waals surface area contributed by atoms with E-state index in [0.717, 1.165) is 12.1 Å². The van der Waals surface area contributed by atoms with Crippen molar-refractivity contribution in [3.8, 4) is 0 Å². The molecule has 1 fully saturated rings. The Morgan fingerprint density at radius 1 is 1.22 bits per heavy atom. The first-order valence-electron chi connectivity index (χ1n) is 7.63. The van der Waals surface area contributed by atoms with Gasteiger partial charge in [-0.1, -0.05) is 0 Å². The quantitative estimate of drug-likeness (QED) is 0.853. The molecule has 2 rings (SSSR count). The number of halogens is 1. The van der Waals surface area contributed by atoms with Crippen molar-refractivity contribution in [3.05, 3.63) is 30.1 Å². The van der Waals surface area contributed by atoms with Gasteiger partial charge in [-0.25, -0.2) is 12.8 Å². The zero-order valence-corrected chi connectivity index (χ0v) is 14.1. The Hall–Kier alpha value is -1.51. The second-order valence-electron chi connectivity index (χ2n) is 5.46. The number of benzene rings is 1. The molecule has 128 valence electrons. The van der Waals surface area contributed by atoms with E-state index in [1.807, 2.05) is 18.7 Å². The molecule has 0 spiro atoms. The first-order chi connectivity index (χ1) is 10.9. The number of carbonyl (C=O) groups is 1. The Bertz CT molecular complexity index is 640. The van der Waals surface area contributed by atoms with Gasteiger partial charge in [-0.2, -0.15) is 4.31 Å². The van der Waals surface area contributed by atoms with E-state index >= 15 is 0 Å². The zero-order chi connectivity index (χ0) is 17.0. The Morgan fingerprint density at radius 2 is 1.78 bits per heavy atom. The number of amides is 1. The van der Waals surface area contributed by atoms with Crippen LogP contribution in [-0.2, 0) is 14.8 Å². The molecular formula is C15H22FN3O3S. The van der Waals surface area contributed by atoms with Gasteiger partial charge in [0.1, 0.15) is 5.82 Å². The molecule has 23 heavy (non-hydrogen) atoms. The number of hydrogen-bond donors (Lipinski definition) is 1. The van der Waals surface area contributed by atoms with Crippen molar-refractivity contribution in [2.45, 2.75) is 24.8 Å². The van der Waals surface area contributed by atoms with Gasteiger partial charge in [-0.15, -0.1) is 0 Å². The van der Waals surface area contributed by atoms with Crippen molar-refractivity contribution < 1.29 is 17.6 Å². The summed E-state index contributed by atoms with van der Waals surface area (Å²) in [4.78, 5) is 13.9. The first-order valence-corrected chi connectivity index (χ1v) is 9.07. The summed E-state index contributed by atoms with van der Waals surface area (Å²) in [5.74, 6) is -0.521. The van der Waals surface area contributed by atoms with E-state index in [1.165, 1.54) is 16.4 Å². The third kappa shape index (κ3) is 4.07. The Kier molecular flexibility index (Phi) is 5.72. The van der Waals surface area contributed by atoms with Crippen LogP contribution in [0.1, 0.15) is 13.8 Å². The van der Waals surface area contributed by atoms with Crippen molar-refractivity contribution in [1.29, 1.82) is 0 Å². The number of rotatable bonds is 5. The number of nitrogens with zero attached hydrogens (tertiary/aromatic N) is 2. The monoisotopic (exact) mass is 343 g/mol. The van der Waals surface area contributed by atoms with Crippen LogP contribution in [0.15, 0.2) is 29.2 Å². The smallest absolute Gasteiger partial charge is 0.243 e. The normalized spacial score (nSPS) is 18.6. The standard InChI is InChI=1S/C15H22FN3O3S/c1-3-17-15(20)12(2)18-8-10-19(11-9-18)23(21,22)14-6-4-13(16)5-7-14/h4-7,12H,3,8-11H2,1-2H3,(H,17,20)/t12-/m1/s1. The molecule has 1 N–H and O–H groups in total. The molecule has 1 atom stereocenters. The number of likely N-dealkylation sites (N-methyl/N-ethyl adjacent to an activating group) is 1. The van der Waals surface area contributed by atoms with Gasteiger partial charge in [0.2, 0.25) is 15.9 Å². The summed E-state index contributed by atoms with van der Waals surface area (Å²) in [6, 6.07) is 4.54. The third-order valence-corrected chi connectivity index (χ3v) is 5.92. The molecule has 1 heterocycles. The highest BCUT2D eigenvalue weighted by Gasteiger charge is 2.31. The lowest BCUT2D eigenvalue weighted by Crippen LogP contribution is -2.54. The van der Waals surface area contributed by atoms with Crippen LogP contribution in [0.3, 0.4) is 0 Å². The van der Waals surface area contributed by atoms with E-state index in [1.54, 1.807) is 0 Å².